The summed E-state index contributed by atoms with van der Waals surface area (Å²) in [5, 5.41) is 20.3. The van der Waals surface area contributed by atoms with Crippen molar-refractivity contribution in [1.82, 2.24) is 0 Å². The second-order valence-electron chi connectivity index (χ2n) is 5.16. The molecule has 2 rings (SSSR count). The number of hydrogen-bond acceptors (Lipinski definition) is 5. The molecule has 0 aliphatic rings. The lowest BCUT2D eigenvalue weighted by Crippen LogP contribution is -1.99. The lowest BCUT2D eigenvalue weighted by atomic mass is 10.0. The van der Waals surface area contributed by atoms with E-state index in [2.05, 4.69) is 22.0 Å². The van der Waals surface area contributed by atoms with Gasteiger partial charge in [0.2, 0.25) is 0 Å². The number of nitriles is 1. The molecular formula is C19H17BrN2O4. The van der Waals surface area contributed by atoms with Crippen molar-refractivity contribution in [1.29, 1.82) is 5.26 Å². The van der Waals surface area contributed by atoms with Crippen LogP contribution >= 0.6 is 15.9 Å². The first-order valence-electron chi connectivity index (χ1n) is 7.95. The predicted octanol–water partition coefficient (Wildman–Crippen LogP) is 5.22. The summed E-state index contributed by atoms with van der Waals surface area (Å²) < 4.78 is 11.9. The van der Waals surface area contributed by atoms with E-state index in [0.717, 1.165) is 10.0 Å². The van der Waals surface area contributed by atoms with Gasteiger partial charge in [-0.25, -0.2) is 0 Å². The molecule has 0 bridgehead atoms. The van der Waals surface area contributed by atoms with Crippen LogP contribution in [-0.2, 0) is 0 Å². The summed E-state index contributed by atoms with van der Waals surface area (Å²) in [5.41, 5.74) is 1.70. The topological polar surface area (TPSA) is 85.4 Å². The Morgan fingerprint density at radius 1 is 1.19 bits per heavy atom. The Bertz CT molecular complexity index is 870. The van der Waals surface area contributed by atoms with Gasteiger partial charge in [0, 0.05) is 16.6 Å². The van der Waals surface area contributed by atoms with Crippen molar-refractivity contribution in [2.75, 3.05) is 13.2 Å². The van der Waals surface area contributed by atoms with Crippen LogP contribution in [0.5, 0.6) is 11.5 Å². The van der Waals surface area contributed by atoms with Crippen molar-refractivity contribution in [3.63, 3.8) is 0 Å². The average molecular weight is 417 g/mol. The van der Waals surface area contributed by atoms with Crippen molar-refractivity contribution in [3.05, 3.63) is 62.1 Å². The Balaban J connectivity index is 2.46. The van der Waals surface area contributed by atoms with Crippen molar-refractivity contribution in [3.8, 4) is 17.6 Å². The molecule has 0 heterocycles. The van der Waals surface area contributed by atoms with Crippen LogP contribution in [0.25, 0.3) is 11.6 Å². The summed E-state index contributed by atoms with van der Waals surface area (Å²) in [6.45, 7) is 4.76. The smallest absolute Gasteiger partial charge is 0.269 e. The molecule has 0 saturated carbocycles. The fourth-order valence-electron chi connectivity index (χ4n) is 2.30. The first-order valence-corrected chi connectivity index (χ1v) is 8.75. The van der Waals surface area contributed by atoms with Gasteiger partial charge in [0.1, 0.15) is 0 Å². The molecule has 134 valence electrons. The summed E-state index contributed by atoms with van der Waals surface area (Å²) >= 11 is 3.48. The first-order chi connectivity index (χ1) is 12.5. The van der Waals surface area contributed by atoms with Crippen molar-refractivity contribution in [2.45, 2.75) is 13.8 Å². The van der Waals surface area contributed by atoms with Crippen molar-refractivity contribution in [2.24, 2.45) is 0 Å². The van der Waals surface area contributed by atoms with E-state index in [1.807, 2.05) is 13.8 Å². The molecule has 0 spiro atoms. The number of benzene rings is 2. The zero-order valence-corrected chi connectivity index (χ0v) is 15.9. The highest BCUT2D eigenvalue weighted by atomic mass is 79.9. The average Bonchev–Trinajstić information content (AvgIpc) is 2.63. The monoisotopic (exact) mass is 416 g/mol. The Kier molecular flexibility index (Phi) is 6.75. The van der Waals surface area contributed by atoms with Gasteiger partial charge in [0.15, 0.2) is 11.5 Å². The quantitative estimate of drug-likeness (QED) is 0.267. The van der Waals surface area contributed by atoms with Gasteiger partial charge < -0.3 is 9.47 Å². The number of non-ortho nitro benzene ring substituents is 1. The summed E-state index contributed by atoms with van der Waals surface area (Å²) in [6, 6.07) is 11.6. The molecule has 0 fully saturated rings. The zero-order valence-electron chi connectivity index (χ0n) is 14.4. The third-order valence-electron chi connectivity index (χ3n) is 3.47. The van der Waals surface area contributed by atoms with Gasteiger partial charge in [-0.2, -0.15) is 5.26 Å². The molecule has 0 atom stereocenters. The number of nitro groups is 1. The molecule has 2 aromatic carbocycles. The first kappa shape index (κ1) is 19.5. The number of nitro benzene ring substituents is 1. The van der Waals surface area contributed by atoms with Crippen LogP contribution < -0.4 is 9.47 Å². The largest absolute Gasteiger partial charge is 0.490 e. The molecule has 0 saturated heterocycles. The van der Waals surface area contributed by atoms with Gasteiger partial charge in [-0.3, -0.25) is 10.1 Å². The number of hydrogen-bond donors (Lipinski definition) is 0. The lowest BCUT2D eigenvalue weighted by Gasteiger charge is -2.13. The summed E-state index contributed by atoms with van der Waals surface area (Å²) in [4.78, 5) is 10.3. The van der Waals surface area contributed by atoms with Crippen LogP contribution in [0, 0.1) is 21.4 Å². The van der Waals surface area contributed by atoms with E-state index in [0.29, 0.717) is 35.8 Å². The van der Waals surface area contributed by atoms with Crippen LogP contribution in [0.2, 0.25) is 0 Å². The minimum Gasteiger partial charge on any atom is -0.490 e. The fraction of sp³-hybridized carbons (Fsp3) is 0.211. The maximum Gasteiger partial charge on any atom is 0.269 e. The number of allylic oxidation sites excluding steroid dienone is 1. The molecular weight excluding hydrogens is 400 g/mol. The minimum absolute atomic E-state index is 0.0214. The van der Waals surface area contributed by atoms with Gasteiger partial charge in [-0.1, -0.05) is 15.9 Å². The van der Waals surface area contributed by atoms with E-state index < -0.39 is 4.92 Å². The third-order valence-corrected chi connectivity index (χ3v) is 4.16. The molecule has 0 N–H and O–H groups in total. The number of rotatable bonds is 7. The Morgan fingerprint density at radius 3 is 2.27 bits per heavy atom. The summed E-state index contributed by atoms with van der Waals surface area (Å²) in [7, 11) is 0. The maximum atomic E-state index is 10.8. The van der Waals surface area contributed by atoms with Crippen LogP contribution in [-0.4, -0.2) is 18.1 Å². The maximum absolute atomic E-state index is 10.8. The van der Waals surface area contributed by atoms with E-state index in [-0.39, 0.29) is 5.69 Å². The normalized spacial score (nSPS) is 10.9. The molecule has 6 nitrogen and oxygen atoms in total. The predicted molar refractivity (Wildman–Crippen MR) is 103 cm³/mol. The Labute approximate surface area is 159 Å². The number of ether oxygens (including phenoxy) is 2. The van der Waals surface area contributed by atoms with Crippen LogP contribution in [0.1, 0.15) is 25.0 Å². The van der Waals surface area contributed by atoms with Gasteiger partial charge in [-0.05, 0) is 55.3 Å². The van der Waals surface area contributed by atoms with Crippen LogP contribution in [0.3, 0.4) is 0 Å². The van der Waals surface area contributed by atoms with Gasteiger partial charge in [-0.15, -0.1) is 0 Å². The third kappa shape index (κ3) is 4.61. The van der Waals surface area contributed by atoms with Crippen LogP contribution in [0.15, 0.2) is 40.9 Å². The molecule has 0 aromatic heterocycles. The number of nitrogens with zero attached hydrogens (tertiary/aromatic N) is 2. The fourth-order valence-corrected chi connectivity index (χ4v) is 2.73. The minimum atomic E-state index is -0.475. The molecule has 26 heavy (non-hydrogen) atoms. The van der Waals surface area contributed by atoms with Gasteiger partial charge >= 0.3 is 0 Å². The summed E-state index contributed by atoms with van der Waals surface area (Å²) in [5.74, 6) is 1.21. The second kappa shape index (κ2) is 9.02. The standard InChI is InChI=1S/C19H17BrN2O4/c1-3-25-18-10-14(17(20)11-19(18)26-4-2)9-15(12-21)13-5-7-16(8-6-13)22(23)24/h5-11H,3-4H2,1-2H3/b15-9-. The van der Waals surface area contributed by atoms with Gasteiger partial charge in [0.25, 0.3) is 5.69 Å². The molecule has 0 aliphatic heterocycles. The molecule has 0 radical (unpaired) electrons. The highest BCUT2D eigenvalue weighted by Gasteiger charge is 2.12. The zero-order chi connectivity index (χ0) is 19.1. The van der Waals surface area contributed by atoms with Gasteiger partial charge in [0.05, 0.1) is 29.8 Å². The lowest BCUT2D eigenvalue weighted by molar-refractivity contribution is -0.384. The van der Waals surface area contributed by atoms with Crippen LogP contribution in [0.4, 0.5) is 5.69 Å². The number of halogens is 1. The van der Waals surface area contributed by atoms with E-state index >= 15 is 0 Å². The Hall–Kier alpha value is -2.85. The highest BCUT2D eigenvalue weighted by Crippen LogP contribution is 2.35. The van der Waals surface area contributed by atoms with E-state index in [1.165, 1.54) is 12.1 Å². The second-order valence-corrected chi connectivity index (χ2v) is 6.01. The van der Waals surface area contributed by atoms with E-state index in [9.17, 15) is 15.4 Å². The molecule has 0 unspecified atom stereocenters. The highest BCUT2D eigenvalue weighted by molar-refractivity contribution is 9.10. The molecule has 7 heteroatoms. The van der Waals surface area contributed by atoms with E-state index in [4.69, 9.17) is 9.47 Å². The molecule has 0 amide bonds. The van der Waals surface area contributed by atoms with Crippen molar-refractivity contribution >= 4 is 33.3 Å². The Morgan fingerprint density at radius 2 is 1.77 bits per heavy atom. The summed E-state index contributed by atoms with van der Waals surface area (Å²) in [6.07, 6.45) is 1.70. The molecule has 0 aliphatic carbocycles. The SMILES string of the molecule is CCOc1cc(Br)c(/C=C(/C#N)c2ccc([N+](=O)[O-])cc2)cc1OCC. The molecule has 2 aromatic rings. The van der Waals surface area contributed by atoms with E-state index in [1.54, 1.807) is 30.3 Å². The van der Waals surface area contributed by atoms with Crippen molar-refractivity contribution < 1.29 is 14.4 Å².